The van der Waals surface area contributed by atoms with Gasteiger partial charge >= 0.3 is 5.97 Å². The van der Waals surface area contributed by atoms with E-state index in [1.165, 1.54) is 25.4 Å². The van der Waals surface area contributed by atoms with Gasteiger partial charge in [-0.25, -0.2) is 18.2 Å². The molecule has 0 aliphatic carbocycles. The Bertz CT molecular complexity index is 496. The average Bonchev–Trinajstić information content (AvgIpc) is 2.28. The summed E-state index contributed by atoms with van der Waals surface area (Å²) in [5.41, 5.74) is 0.235. The van der Waals surface area contributed by atoms with E-state index < -0.39 is 16.0 Å². The van der Waals surface area contributed by atoms with Gasteiger partial charge in [-0.2, -0.15) is 0 Å². The molecular weight excluding hydrogens is 244 g/mol. The zero-order chi connectivity index (χ0) is 13.1. The summed E-state index contributed by atoms with van der Waals surface area (Å²) in [4.78, 5) is 14.3. The molecule has 0 aliphatic heterocycles. The average molecular weight is 258 g/mol. The third kappa shape index (κ3) is 3.16. The fourth-order valence-corrected chi connectivity index (χ4v) is 2.47. The standard InChI is InChI=1S/C10H14N2O4S/c1-3-6-17(15,16)12(2)8-4-5-9(10(13)14)11-7-8/h4-5,7H,3,6H2,1-2H3,(H,13,14). The molecule has 0 saturated heterocycles. The summed E-state index contributed by atoms with van der Waals surface area (Å²) in [5.74, 6) is -1.10. The van der Waals surface area contributed by atoms with E-state index in [9.17, 15) is 13.2 Å². The molecule has 1 aromatic heterocycles. The summed E-state index contributed by atoms with van der Waals surface area (Å²) in [7, 11) is -1.93. The van der Waals surface area contributed by atoms with Crippen molar-refractivity contribution < 1.29 is 18.3 Å². The molecule has 1 heterocycles. The van der Waals surface area contributed by atoms with Crippen molar-refractivity contribution in [3.63, 3.8) is 0 Å². The molecule has 1 rings (SSSR count). The second kappa shape index (κ2) is 5.13. The molecule has 0 aromatic carbocycles. The van der Waals surface area contributed by atoms with Gasteiger partial charge in [0.05, 0.1) is 17.6 Å². The summed E-state index contributed by atoms with van der Waals surface area (Å²) in [6.07, 6.45) is 1.75. The molecule has 0 atom stereocenters. The van der Waals surface area contributed by atoms with Gasteiger partial charge < -0.3 is 5.11 Å². The number of aromatic nitrogens is 1. The molecule has 94 valence electrons. The number of pyridine rings is 1. The van der Waals surface area contributed by atoms with Gasteiger partial charge in [0.15, 0.2) is 0 Å². The molecule has 6 nitrogen and oxygen atoms in total. The first-order valence-corrected chi connectivity index (χ1v) is 6.65. The maximum Gasteiger partial charge on any atom is 0.354 e. The minimum absolute atomic E-state index is 0.0458. The van der Waals surface area contributed by atoms with Gasteiger partial charge in [-0.3, -0.25) is 4.31 Å². The molecule has 0 spiro atoms. The van der Waals surface area contributed by atoms with Crippen LogP contribution in [0, 0.1) is 0 Å². The van der Waals surface area contributed by atoms with Crippen molar-refractivity contribution in [3.05, 3.63) is 24.0 Å². The smallest absolute Gasteiger partial charge is 0.354 e. The minimum Gasteiger partial charge on any atom is -0.477 e. The van der Waals surface area contributed by atoms with Crippen molar-refractivity contribution in [2.24, 2.45) is 0 Å². The van der Waals surface area contributed by atoms with Crippen LogP contribution in [0.4, 0.5) is 5.69 Å². The molecular formula is C10H14N2O4S. The Kier molecular flexibility index (Phi) is 4.06. The molecule has 0 saturated carbocycles. The Balaban J connectivity index is 2.98. The highest BCUT2D eigenvalue weighted by Crippen LogP contribution is 2.15. The van der Waals surface area contributed by atoms with E-state index >= 15 is 0 Å². The number of sulfonamides is 1. The highest BCUT2D eigenvalue weighted by molar-refractivity contribution is 7.92. The normalized spacial score (nSPS) is 11.2. The number of hydrogen-bond acceptors (Lipinski definition) is 4. The van der Waals surface area contributed by atoms with E-state index in [1.807, 2.05) is 0 Å². The maximum absolute atomic E-state index is 11.7. The van der Waals surface area contributed by atoms with Crippen LogP contribution in [0.15, 0.2) is 18.3 Å². The molecule has 17 heavy (non-hydrogen) atoms. The zero-order valence-electron chi connectivity index (χ0n) is 9.62. The summed E-state index contributed by atoms with van der Waals surface area (Å²) in [6.45, 7) is 1.77. The van der Waals surface area contributed by atoms with E-state index in [2.05, 4.69) is 4.98 Å². The number of carboxylic acids is 1. The molecule has 7 heteroatoms. The molecule has 0 radical (unpaired) electrons. The minimum atomic E-state index is -3.35. The summed E-state index contributed by atoms with van der Waals surface area (Å²) < 4.78 is 24.6. The van der Waals surface area contributed by atoms with Crippen LogP contribution in [0.2, 0.25) is 0 Å². The number of rotatable bonds is 5. The van der Waals surface area contributed by atoms with Crippen LogP contribution >= 0.6 is 0 Å². The Morgan fingerprint density at radius 3 is 2.53 bits per heavy atom. The van der Waals surface area contributed by atoms with Gasteiger partial charge in [0.2, 0.25) is 10.0 Å². The Hall–Kier alpha value is -1.63. The largest absolute Gasteiger partial charge is 0.477 e. The van der Waals surface area contributed by atoms with Crippen LogP contribution in [0.5, 0.6) is 0 Å². The Morgan fingerprint density at radius 1 is 1.47 bits per heavy atom. The SMILES string of the molecule is CCCS(=O)(=O)N(C)c1ccc(C(=O)O)nc1. The second-order valence-corrected chi connectivity index (χ2v) is 5.61. The quantitative estimate of drug-likeness (QED) is 0.849. The number of carboxylic acid groups (broad SMARTS) is 1. The van der Waals surface area contributed by atoms with Crippen LogP contribution in [0.25, 0.3) is 0 Å². The second-order valence-electron chi connectivity index (χ2n) is 3.49. The molecule has 1 N–H and O–H groups in total. The van der Waals surface area contributed by atoms with E-state index in [4.69, 9.17) is 5.11 Å². The monoisotopic (exact) mass is 258 g/mol. The maximum atomic E-state index is 11.7. The third-order valence-corrected chi connectivity index (χ3v) is 4.18. The van der Waals surface area contributed by atoms with Crippen LogP contribution in [-0.2, 0) is 10.0 Å². The van der Waals surface area contributed by atoms with Crippen LogP contribution in [0.3, 0.4) is 0 Å². The summed E-state index contributed by atoms with van der Waals surface area (Å²) in [5, 5.41) is 8.66. The molecule has 0 aliphatic rings. The Morgan fingerprint density at radius 2 is 2.12 bits per heavy atom. The van der Waals surface area contributed by atoms with Gasteiger partial charge in [0.1, 0.15) is 5.69 Å². The number of carbonyl (C=O) groups is 1. The lowest BCUT2D eigenvalue weighted by Crippen LogP contribution is -2.28. The highest BCUT2D eigenvalue weighted by atomic mass is 32.2. The number of nitrogens with zero attached hydrogens (tertiary/aromatic N) is 2. The first-order valence-electron chi connectivity index (χ1n) is 5.04. The van der Waals surface area contributed by atoms with E-state index in [-0.39, 0.29) is 11.4 Å². The lowest BCUT2D eigenvalue weighted by Gasteiger charge is -2.18. The first-order chi connectivity index (χ1) is 7.88. The van der Waals surface area contributed by atoms with Gasteiger partial charge in [-0.1, -0.05) is 6.92 Å². The van der Waals surface area contributed by atoms with E-state index in [1.54, 1.807) is 6.92 Å². The van der Waals surface area contributed by atoms with Crippen molar-refractivity contribution in [1.29, 1.82) is 0 Å². The lowest BCUT2D eigenvalue weighted by atomic mass is 10.3. The van der Waals surface area contributed by atoms with Crippen molar-refractivity contribution in [3.8, 4) is 0 Å². The van der Waals surface area contributed by atoms with Crippen molar-refractivity contribution in [1.82, 2.24) is 4.98 Å². The Labute approximate surface area is 100.0 Å². The van der Waals surface area contributed by atoms with Gasteiger partial charge in [-0.05, 0) is 18.6 Å². The molecule has 0 fully saturated rings. The van der Waals surface area contributed by atoms with Gasteiger partial charge in [-0.15, -0.1) is 0 Å². The van der Waals surface area contributed by atoms with E-state index in [0.29, 0.717) is 12.1 Å². The zero-order valence-corrected chi connectivity index (χ0v) is 10.4. The highest BCUT2D eigenvalue weighted by Gasteiger charge is 2.17. The van der Waals surface area contributed by atoms with E-state index in [0.717, 1.165) is 4.31 Å². The first kappa shape index (κ1) is 13.4. The summed E-state index contributed by atoms with van der Waals surface area (Å²) in [6, 6.07) is 2.69. The molecule has 0 bridgehead atoms. The van der Waals surface area contributed by atoms with Crippen LogP contribution in [-0.4, -0.2) is 37.3 Å². The third-order valence-electron chi connectivity index (χ3n) is 2.21. The lowest BCUT2D eigenvalue weighted by molar-refractivity contribution is 0.0690. The number of anilines is 1. The number of aromatic carboxylic acids is 1. The fourth-order valence-electron chi connectivity index (χ4n) is 1.25. The summed E-state index contributed by atoms with van der Waals surface area (Å²) >= 11 is 0. The predicted molar refractivity (Wildman–Crippen MR) is 63.7 cm³/mol. The predicted octanol–water partition coefficient (Wildman–Crippen LogP) is 0.956. The van der Waals surface area contributed by atoms with Crippen LogP contribution in [0.1, 0.15) is 23.8 Å². The van der Waals surface area contributed by atoms with Crippen molar-refractivity contribution in [2.45, 2.75) is 13.3 Å². The molecule has 0 amide bonds. The van der Waals surface area contributed by atoms with Crippen molar-refractivity contribution >= 4 is 21.7 Å². The van der Waals surface area contributed by atoms with Crippen molar-refractivity contribution in [2.75, 3.05) is 17.1 Å². The fraction of sp³-hybridized carbons (Fsp3) is 0.400. The molecule has 1 aromatic rings. The molecule has 0 unspecified atom stereocenters. The van der Waals surface area contributed by atoms with Crippen LogP contribution < -0.4 is 4.31 Å². The number of hydrogen-bond donors (Lipinski definition) is 1. The topological polar surface area (TPSA) is 87.6 Å². The van der Waals surface area contributed by atoms with Gasteiger partial charge in [0, 0.05) is 7.05 Å². The van der Waals surface area contributed by atoms with Gasteiger partial charge in [0.25, 0.3) is 0 Å².